The number of primary amides is 1. The number of carbonyl (C=O) groups is 3. The maximum absolute atomic E-state index is 12.4. The molecule has 0 aromatic rings. The SMILES string of the molecule is CCCCN(CC(N)=O)C(=O)N1CCOCC1C(=O)O. The Kier molecular flexibility index (Phi) is 6.23. The van der Waals surface area contributed by atoms with E-state index in [-0.39, 0.29) is 26.3 Å². The number of nitrogens with two attached hydrogens (primary N) is 1. The van der Waals surface area contributed by atoms with E-state index in [0.717, 1.165) is 12.8 Å². The van der Waals surface area contributed by atoms with Crippen molar-refractivity contribution in [1.29, 1.82) is 0 Å². The predicted molar refractivity (Wildman–Crippen MR) is 70.0 cm³/mol. The Hall–Kier alpha value is -1.83. The summed E-state index contributed by atoms with van der Waals surface area (Å²) in [7, 11) is 0. The number of ether oxygens (including phenoxy) is 1. The minimum atomic E-state index is -1.12. The highest BCUT2D eigenvalue weighted by atomic mass is 16.5. The minimum absolute atomic E-state index is 0.0424. The fraction of sp³-hybridized carbons (Fsp3) is 0.750. The lowest BCUT2D eigenvalue weighted by Crippen LogP contribution is -2.57. The van der Waals surface area contributed by atoms with Crippen molar-refractivity contribution in [3.05, 3.63) is 0 Å². The van der Waals surface area contributed by atoms with Gasteiger partial charge in [-0.15, -0.1) is 0 Å². The lowest BCUT2D eigenvalue weighted by atomic mass is 10.2. The molecule has 1 heterocycles. The maximum Gasteiger partial charge on any atom is 0.328 e. The third-order valence-corrected chi connectivity index (χ3v) is 3.06. The van der Waals surface area contributed by atoms with Gasteiger partial charge in [-0.3, -0.25) is 4.79 Å². The van der Waals surface area contributed by atoms with Gasteiger partial charge in [0.2, 0.25) is 5.91 Å². The van der Waals surface area contributed by atoms with E-state index in [1.807, 2.05) is 6.92 Å². The van der Waals surface area contributed by atoms with Crippen LogP contribution in [-0.2, 0) is 14.3 Å². The number of hydrogen-bond acceptors (Lipinski definition) is 4. The van der Waals surface area contributed by atoms with Crippen molar-refractivity contribution in [1.82, 2.24) is 9.80 Å². The van der Waals surface area contributed by atoms with Gasteiger partial charge in [0.05, 0.1) is 13.2 Å². The van der Waals surface area contributed by atoms with Crippen molar-refractivity contribution in [3.8, 4) is 0 Å². The number of unbranched alkanes of at least 4 members (excludes halogenated alkanes) is 1. The number of carbonyl (C=O) groups excluding carboxylic acids is 2. The molecule has 1 rings (SSSR count). The molecule has 1 saturated heterocycles. The van der Waals surface area contributed by atoms with Gasteiger partial charge < -0.3 is 25.4 Å². The van der Waals surface area contributed by atoms with Gasteiger partial charge in [0.1, 0.15) is 6.54 Å². The molecule has 0 bridgehead atoms. The van der Waals surface area contributed by atoms with Crippen molar-refractivity contribution in [3.63, 3.8) is 0 Å². The zero-order chi connectivity index (χ0) is 15.1. The van der Waals surface area contributed by atoms with Gasteiger partial charge in [0.15, 0.2) is 6.04 Å². The van der Waals surface area contributed by atoms with Crippen LogP contribution in [0.4, 0.5) is 4.79 Å². The number of aliphatic carboxylic acids is 1. The van der Waals surface area contributed by atoms with Crippen LogP contribution in [0, 0.1) is 0 Å². The molecule has 1 atom stereocenters. The molecule has 0 aromatic heterocycles. The van der Waals surface area contributed by atoms with E-state index in [4.69, 9.17) is 15.6 Å². The van der Waals surface area contributed by atoms with Crippen LogP contribution in [0.15, 0.2) is 0 Å². The van der Waals surface area contributed by atoms with Crippen LogP contribution >= 0.6 is 0 Å². The van der Waals surface area contributed by atoms with Gasteiger partial charge in [0, 0.05) is 13.1 Å². The van der Waals surface area contributed by atoms with E-state index in [1.165, 1.54) is 9.80 Å². The van der Waals surface area contributed by atoms with Gasteiger partial charge in [0.25, 0.3) is 0 Å². The summed E-state index contributed by atoms with van der Waals surface area (Å²) in [6.45, 7) is 2.57. The van der Waals surface area contributed by atoms with Crippen LogP contribution in [0.5, 0.6) is 0 Å². The summed E-state index contributed by atoms with van der Waals surface area (Å²) in [5.41, 5.74) is 5.13. The first-order valence-electron chi connectivity index (χ1n) is 6.61. The first-order chi connectivity index (χ1) is 9.47. The molecule has 8 nitrogen and oxygen atoms in total. The number of urea groups is 1. The topological polar surface area (TPSA) is 113 Å². The van der Waals surface area contributed by atoms with E-state index in [1.54, 1.807) is 0 Å². The second-order valence-corrected chi connectivity index (χ2v) is 4.65. The Balaban J connectivity index is 2.79. The van der Waals surface area contributed by atoms with Gasteiger partial charge >= 0.3 is 12.0 Å². The van der Waals surface area contributed by atoms with Crippen molar-refractivity contribution in [2.75, 3.05) is 32.8 Å². The summed E-state index contributed by atoms with van der Waals surface area (Å²) in [6, 6.07) is -1.50. The lowest BCUT2D eigenvalue weighted by molar-refractivity contribution is -0.147. The Morgan fingerprint density at radius 3 is 2.70 bits per heavy atom. The quantitative estimate of drug-likeness (QED) is 0.682. The molecular weight excluding hydrogens is 266 g/mol. The lowest BCUT2D eigenvalue weighted by Gasteiger charge is -2.36. The highest BCUT2D eigenvalue weighted by Crippen LogP contribution is 2.11. The number of morpholine rings is 1. The van der Waals surface area contributed by atoms with E-state index in [9.17, 15) is 14.4 Å². The third-order valence-electron chi connectivity index (χ3n) is 3.06. The number of amides is 3. The molecule has 0 saturated carbocycles. The molecule has 1 fully saturated rings. The highest BCUT2D eigenvalue weighted by Gasteiger charge is 2.35. The number of rotatable bonds is 6. The minimum Gasteiger partial charge on any atom is -0.480 e. The molecule has 0 aromatic carbocycles. The zero-order valence-electron chi connectivity index (χ0n) is 11.6. The summed E-state index contributed by atoms with van der Waals surface area (Å²) in [4.78, 5) is 37.1. The Morgan fingerprint density at radius 1 is 1.45 bits per heavy atom. The molecule has 20 heavy (non-hydrogen) atoms. The number of carboxylic acids is 1. The van der Waals surface area contributed by atoms with E-state index in [0.29, 0.717) is 6.54 Å². The molecular formula is C12H21N3O5. The van der Waals surface area contributed by atoms with Crippen molar-refractivity contribution in [2.45, 2.75) is 25.8 Å². The molecule has 1 aliphatic rings. The van der Waals surface area contributed by atoms with Crippen LogP contribution in [0.25, 0.3) is 0 Å². The summed E-state index contributed by atoms with van der Waals surface area (Å²) in [6.07, 6.45) is 1.58. The molecule has 1 unspecified atom stereocenters. The third kappa shape index (κ3) is 4.37. The smallest absolute Gasteiger partial charge is 0.328 e. The van der Waals surface area contributed by atoms with Crippen LogP contribution in [0.1, 0.15) is 19.8 Å². The molecule has 114 valence electrons. The van der Waals surface area contributed by atoms with Gasteiger partial charge in [-0.1, -0.05) is 13.3 Å². The van der Waals surface area contributed by atoms with Crippen molar-refractivity contribution >= 4 is 17.9 Å². The van der Waals surface area contributed by atoms with E-state index < -0.39 is 23.9 Å². The van der Waals surface area contributed by atoms with Crippen molar-refractivity contribution < 1.29 is 24.2 Å². The zero-order valence-corrected chi connectivity index (χ0v) is 11.6. The number of carboxylic acid groups (broad SMARTS) is 1. The molecule has 8 heteroatoms. The average molecular weight is 287 g/mol. The Labute approximate surface area is 117 Å². The van der Waals surface area contributed by atoms with Crippen LogP contribution in [0.3, 0.4) is 0 Å². The molecule has 3 N–H and O–H groups in total. The fourth-order valence-electron chi connectivity index (χ4n) is 2.00. The second-order valence-electron chi connectivity index (χ2n) is 4.65. The number of hydrogen-bond donors (Lipinski definition) is 2. The number of nitrogens with zero attached hydrogens (tertiary/aromatic N) is 2. The summed E-state index contributed by atoms with van der Waals surface area (Å²) < 4.78 is 5.08. The summed E-state index contributed by atoms with van der Waals surface area (Å²) in [5, 5.41) is 9.11. The largest absolute Gasteiger partial charge is 0.480 e. The van der Waals surface area contributed by atoms with Crippen LogP contribution in [-0.4, -0.2) is 71.7 Å². The van der Waals surface area contributed by atoms with Crippen LogP contribution < -0.4 is 5.73 Å². The first kappa shape index (κ1) is 16.2. The standard InChI is InChI=1S/C12H21N3O5/c1-2-3-4-14(7-10(13)16)12(19)15-5-6-20-8-9(15)11(17)18/h9H,2-8H2,1H3,(H2,13,16)(H,17,18). The molecule has 0 radical (unpaired) electrons. The molecule has 0 aliphatic carbocycles. The predicted octanol–water partition coefficient (Wildman–Crippen LogP) is -0.521. The first-order valence-corrected chi connectivity index (χ1v) is 6.61. The van der Waals surface area contributed by atoms with E-state index in [2.05, 4.69) is 0 Å². The monoisotopic (exact) mass is 287 g/mol. The second kappa shape index (κ2) is 7.68. The fourth-order valence-corrected chi connectivity index (χ4v) is 2.00. The molecule has 1 aliphatic heterocycles. The van der Waals surface area contributed by atoms with Gasteiger partial charge in [-0.05, 0) is 6.42 Å². The molecule has 3 amide bonds. The summed E-state index contributed by atoms with van der Waals surface area (Å²) >= 11 is 0. The van der Waals surface area contributed by atoms with Crippen molar-refractivity contribution in [2.24, 2.45) is 5.73 Å². The Bertz CT molecular complexity index is 374. The Morgan fingerprint density at radius 2 is 2.15 bits per heavy atom. The highest BCUT2D eigenvalue weighted by molar-refractivity contribution is 5.86. The normalized spacial score (nSPS) is 18.6. The molecule has 0 spiro atoms. The van der Waals surface area contributed by atoms with Crippen LogP contribution in [0.2, 0.25) is 0 Å². The van der Waals surface area contributed by atoms with E-state index >= 15 is 0 Å². The average Bonchev–Trinajstić information content (AvgIpc) is 2.42. The maximum atomic E-state index is 12.4. The summed E-state index contributed by atoms with van der Waals surface area (Å²) in [5.74, 6) is -1.73. The van der Waals surface area contributed by atoms with Gasteiger partial charge in [-0.2, -0.15) is 0 Å². The van der Waals surface area contributed by atoms with Gasteiger partial charge in [-0.25, -0.2) is 9.59 Å².